The monoisotopic (exact) mass is 140 g/mol. The quantitative estimate of drug-likeness (QED) is 0.454. The van der Waals surface area contributed by atoms with Gasteiger partial charge >= 0.3 is 0 Å². The number of hydrogen-bond donors (Lipinski definition) is 2. The van der Waals surface area contributed by atoms with Crippen LogP contribution in [0, 0.1) is 0 Å². The van der Waals surface area contributed by atoms with Crippen LogP contribution in [0.1, 0.15) is 12.6 Å². The van der Waals surface area contributed by atoms with Crippen molar-refractivity contribution < 1.29 is 0 Å². The SMILES string of the molecule is CCn1nccc1CNN. The second-order valence-electron chi connectivity index (χ2n) is 2.02. The first kappa shape index (κ1) is 7.24. The normalized spacial score (nSPS) is 10.2. The van der Waals surface area contributed by atoms with E-state index >= 15 is 0 Å². The molecule has 1 rings (SSSR count). The second-order valence-corrected chi connectivity index (χ2v) is 2.02. The molecular formula is C6H12N4. The molecular weight excluding hydrogens is 128 g/mol. The molecule has 0 aliphatic rings. The molecule has 0 saturated carbocycles. The van der Waals surface area contributed by atoms with Crippen LogP contribution in [0.15, 0.2) is 12.3 Å². The molecule has 10 heavy (non-hydrogen) atoms. The summed E-state index contributed by atoms with van der Waals surface area (Å²) in [6, 6.07) is 1.95. The van der Waals surface area contributed by atoms with Gasteiger partial charge in [-0.2, -0.15) is 5.10 Å². The number of hydrazine groups is 1. The molecule has 0 aromatic carbocycles. The van der Waals surface area contributed by atoms with Crippen LogP contribution >= 0.6 is 0 Å². The number of hydrogen-bond acceptors (Lipinski definition) is 3. The van der Waals surface area contributed by atoms with Crippen LogP contribution in [-0.4, -0.2) is 9.78 Å². The Bertz CT molecular complexity index is 193. The standard InChI is InChI=1S/C6H12N4/c1-2-10-6(5-8-7)3-4-9-10/h3-4,8H,2,5,7H2,1H3. The van der Waals surface area contributed by atoms with E-state index in [1.165, 1.54) is 0 Å². The van der Waals surface area contributed by atoms with Crippen LogP contribution < -0.4 is 11.3 Å². The summed E-state index contributed by atoms with van der Waals surface area (Å²) in [6.45, 7) is 3.62. The van der Waals surface area contributed by atoms with Gasteiger partial charge < -0.3 is 0 Å². The maximum absolute atomic E-state index is 5.15. The Morgan fingerprint density at radius 2 is 2.60 bits per heavy atom. The van der Waals surface area contributed by atoms with Crippen LogP contribution in [0.2, 0.25) is 0 Å². The van der Waals surface area contributed by atoms with Gasteiger partial charge in [-0.05, 0) is 13.0 Å². The van der Waals surface area contributed by atoms with E-state index in [1.54, 1.807) is 6.20 Å². The highest BCUT2D eigenvalue weighted by Crippen LogP contribution is 1.96. The molecule has 1 heterocycles. The molecule has 0 aliphatic carbocycles. The van der Waals surface area contributed by atoms with Crippen molar-refractivity contribution in [2.45, 2.75) is 20.0 Å². The van der Waals surface area contributed by atoms with Crippen molar-refractivity contribution in [1.29, 1.82) is 0 Å². The largest absolute Gasteiger partial charge is 0.271 e. The molecule has 0 saturated heterocycles. The lowest BCUT2D eigenvalue weighted by Crippen LogP contribution is -2.22. The van der Waals surface area contributed by atoms with E-state index in [0.29, 0.717) is 6.54 Å². The molecule has 4 heteroatoms. The molecule has 0 spiro atoms. The first-order valence-electron chi connectivity index (χ1n) is 3.32. The summed E-state index contributed by atoms with van der Waals surface area (Å²) in [6.07, 6.45) is 1.77. The third-order valence-electron chi connectivity index (χ3n) is 1.39. The number of aromatic nitrogens is 2. The zero-order valence-corrected chi connectivity index (χ0v) is 6.04. The number of rotatable bonds is 3. The van der Waals surface area contributed by atoms with E-state index in [9.17, 15) is 0 Å². The number of aryl methyl sites for hydroxylation is 1. The zero-order valence-electron chi connectivity index (χ0n) is 6.04. The summed E-state index contributed by atoms with van der Waals surface area (Å²) in [5.41, 5.74) is 3.70. The van der Waals surface area contributed by atoms with Gasteiger partial charge in [0.15, 0.2) is 0 Å². The molecule has 0 radical (unpaired) electrons. The molecule has 0 bridgehead atoms. The smallest absolute Gasteiger partial charge is 0.0535 e. The van der Waals surface area contributed by atoms with E-state index in [4.69, 9.17) is 5.84 Å². The van der Waals surface area contributed by atoms with Gasteiger partial charge in [0.05, 0.1) is 12.2 Å². The summed E-state index contributed by atoms with van der Waals surface area (Å²) in [5, 5.41) is 4.07. The summed E-state index contributed by atoms with van der Waals surface area (Å²) >= 11 is 0. The van der Waals surface area contributed by atoms with Crippen molar-refractivity contribution in [1.82, 2.24) is 15.2 Å². The lowest BCUT2D eigenvalue weighted by molar-refractivity contribution is 0.591. The Kier molecular flexibility index (Phi) is 2.42. The molecule has 0 aliphatic heterocycles. The van der Waals surface area contributed by atoms with Gasteiger partial charge in [0.1, 0.15) is 0 Å². The van der Waals surface area contributed by atoms with E-state index in [-0.39, 0.29) is 0 Å². The highest BCUT2D eigenvalue weighted by Gasteiger charge is 1.96. The van der Waals surface area contributed by atoms with Gasteiger partial charge in [0, 0.05) is 12.7 Å². The maximum atomic E-state index is 5.15. The summed E-state index contributed by atoms with van der Waals surface area (Å²) < 4.78 is 1.90. The predicted octanol–water partition coefficient (Wildman–Crippen LogP) is -0.134. The Hall–Kier alpha value is -0.870. The average molecular weight is 140 g/mol. The molecule has 0 atom stereocenters. The Morgan fingerprint density at radius 3 is 3.20 bits per heavy atom. The van der Waals surface area contributed by atoms with E-state index in [0.717, 1.165) is 12.2 Å². The van der Waals surface area contributed by atoms with Crippen LogP contribution in [0.3, 0.4) is 0 Å². The van der Waals surface area contributed by atoms with Crippen molar-refractivity contribution in [3.63, 3.8) is 0 Å². The third kappa shape index (κ3) is 1.34. The van der Waals surface area contributed by atoms with E-state index in [1.807, 2.05) is 17.7 Å². The van der Waals surface area contributed by atoms with Gasteiger partial charge in [-0.25, -0.2) is 0 Å². The van der Waals surface area contributed by atoms with Crippen molar-refractivity contribution >= 4 is 0 Å². The summed E-state index contributed by atoms with van der Waals surface area (Å²) in [5.74, 6) is 5.15. The van der Waals surface area contributed by atoms with Crippen LogP contribution in [0.4, 0.5) is 0 Å². The lowest BCUT2D eigenvalue weighted by Gasteiger charge is -2.01. The first-order chi connectivity index (χ1) is 4.88. The van der Waals surface area contributed by atoms with Gasteiger partial charge in [0.25, 0.3) is 0 Å². The van der Waals surface area contributed by atoms with Gasteiger partial charge in [0.2, 0.25) is 0 Å². The van der Waals surface area contributed by atoms with Crippen LogP contribution in [0.25, 0.3) is 0 Å². The molecule has 1 aromatic heterocycles. The van der Waals surface area contributed by atoms with Gasteiger partial charge in [-0.1, -0.05) is 0 Å². The predicted molar refractivity (Wildman–Crippen MR) is 38.9 cm³/mol. The molecule has 4 nitrogen and oxygen atoms in total. The van der Waals surface area contributed by atoms with Crippen molar-refractivity contribution in [2.75, 3.05) is 0 Å². The second kappa shape index (κ2) is 3.34. The topological polar surface area (TPSA) is 55.9 Å². The number of nitrogens with one attached hydrogen (secondary N) is 1. The van der Waals surface area contributed by atoms with Gasteiger partial charge in [-0.3, -0.25) is 16.0 Å². The summed E-state index contributed by atoms with van der Waals surface area (Å²) in [7, 11) is 0. The Morgan fingerprint density at radius 1 is 1.80 bits per heavy atom. The number of nitrogens with two attached hydrogens (primary N) is 1. The Balaban J connectivity index is 2.70. The molecule has 1 aromatic rings. The minimum atomic E-state index is 0.674. The van der Waals surface area contributed by atoms with Crippen molar-refractivity contribution in [3.05, 3.63) is 18.0 Å². The molecule has 0 unspecified atom stereocenters. The lowest BCUT2D eigenvalue weighted by atomic mass is 10.4. The highest BCUT2D eigenvalue weighted by molar-refractivity contribution is 4.99. The van der Waals surface area contributed by atoms with E-state index in [2.05, 4.69) is 10.5 Å². The highest BCUT2D eigenvalue weighted by atomic mass is 15.3. The van der Waals surface area contributed by atoms with Crippen LogP contribution in [-0.2, 0) is 13.1 Å². The maximum Gasteiger partial charge on any atom is 0.0535 e. The van der Waals surface area contributed by atoms with Crippen LogP contribution in [0.5, 0.6) is 0 Å². The fraction of sp³-hybridized carbons (Fsp3) is 0.500. The Labute approximate surface area is 60.0 Å². The molecule has 3 N–H and O–H groups in total. The zero-order chi connectivity index (χ0) is 7.40. The third-order valence-corrected chi connectivity index (χ3v) is 1.39. The molecule has 0 fully saturated rings. The first-order valence-corrected chi connectivity index (χ1v) is 3.32. The summed E-state index contributed by atoms with van der Waals surface area (Å²) in [4.78, 5) is 0. The molecule has 0 amide bonds. The minimum absolute atomic E-state index is 0.674. The van der Waals surface area contributed by atoms with Crippen molar-refractivity contribution in [2.24, 2.45) is 5.84 Å². The van der Waals surface area contributed by atoms with E-state index < -0.39 is 0 Å². The number of nitrogens with zero attached hydrogens (tertiary/aromatic N) is 2. The van der Waals surface area contributed by atoms with Gasteiger partial charge in [-0.15, -0.1) is 0 Å². The fourth-order valence-corrected chi connectivity index (χ4v) is 0.900. The minimum Gasteiger partial charge on any atom is -0.271 e. The average Bonchev–Trinajstić information content (AvgIpc) is 2.36. The molecule has 56 valence electrons. The van der Waals surface area contributed by atoms with Crippen molar-refractivity contribution in [3.8, 4) is 0 Å². The fourth-order valence-electron chi connectivity index (χ4n) is 0.900.